The van der Waals surface area contributed by atoms with E-state index in [0.717, 1.165) is 35.8 Å². The van der Waals surface area contributed by atoms with Crippen LogP contribution in [0.15, 0.2) is 48.5 Å². The first-order valence-corrected chi connectivity index (χ1v) is 12.8. The fourth-order valence-corrected chi connectivity index (χ4v) is 7.63. The lowest BCUT2D eigenvalue weighted by Gasteiger charge is -2.59. The van der Waals surface area contributed by atoms with Crippen LogP contribution >= 0.6 is 0 Å². The van der Waals surface area contributed by atoms with Crippen LogP contribution < -0.4 is 4.74 Å². The summed E-state index contributed by atoms with van der Waals surface area (Å²) in [7, 11) is 0. The van der Waals surface area contributed by atoms with Crippen LogP contribution in [0.4, 0.5) is 0 Å². The van der Waals surface area contributed by atoms with Gasteiger partial charge in [0, 0.05) is 0 Å². The van der Waals surface area contributed by atoms with Crippen LogP contribution in [-0.4, -0.2) is 0 Å². The molecule has 1 heteroatoms. The zero-order valence-corrected chi connectivity index (χ0v) is 19.8. The first kappa shape index (κ1) is 21.1. The van der Waals surface area contributed by atoms with Crippen LogP contribution in [0.25, 0.3) is 0 Å². The maximum Gasteiger partial charge on any atom is 0.119 e. The molecule has 0 amide bonds. The molecule has 4 bridgehead atoms. The maximum atomic E-state index is 5.99. The van der Waals surface area contributed by atoms with Crippen LogP contribution in [0, 0.1) is 29.1 Å². The van der Waals surface area contributed by atoms with Gasteiger partial charge < -0.3 is 4.74 Å². The molecule has 0 heterocycles. The molecule has 2 atom stereocenters. The molecule has 166 valence electrons. The van der Waals surface area contributed by atoms with E-state index in [1.807, 2.05) is 0 Å². The van der Waals surface area contributed by atoms with Gasteiger partial charge in [0.25, 0.3) is 0 Å². The van der Waals surface area contributed by atoms with E-state index in [4.69, 9.17) is 4.74 Å². The van der Waals surface area contributed by atoms with E-state index >= 15 is 0 Å². The summed E-state index contributed by atoms with van der Waals surface area (Å²) >= 11 is 0. The topological polar surface area (TPSA) is 9.23 Å². The summed E-state index contributed by atoms with van der Waals surface area (Å²) in [4.78, 5) is 0. The van der Waals surface area contributed by atoms with E-state index in [2.05, 4.69) is 69.3 Å². The Balaban J connectivity index is 1.17. The molecule has 4 aliphatic carbocycles. The summed E-state index contributed by atoms with van der Waals surface area (Å²) in [6.45, 7) is 7.85. The predicted molar refractivity (Wildman–Crippen MR) is 129 cm³/mol. The summed E-state index contributed by atoms with van der Waals surface area (Å²) in [6.07, 6.45) is 11.6. The van der Waals surface area contributed by atoms with Crippen molar-refractivity contribution < 1.29 is 4.74 Å². The molecule has 2 aromatic rings. The third-order valence-electron chi connectivity index (χ3n) is 9.12. The zero-order chi connectivity index (χ0) is 21.4. The Hall–Kier alpha value is -1.76. The number of ether oxygens (including phenoxy) is 1. The molecule has 2 aromatic carbocycles. The summed E-state index contributed by atoms with van der Waals surface area (Å²) in [5.74, 6) is 5.62. The number of hydrogen-bond donors (Lipinski definition) is 0. The Morgan fingerprint density at radius 1 is 0.806 bits per heavy atom. The van der Waals surface area contributed by atoms with Crippen molar-refractivity contribution in [1.29, 1.82) is 0 Å². The van der Waals surface area contributed by atoms with E-state index in [-0.39, 0.29) is 0 Å². The van der Waals surface area contributed by atoms with Crippen molar-refractivity contribution in [1.82, 2.24) is 0 Å². The lowest BCUT2D eigenvalue weighted by molar-refractivity contribution is -0.0857. The highest BCUT2D eigenvalue weighted by Crippen LogP contribution is 2.63. The van der Waals surface area contributed by atoms with E-state index in [1.165, 1.54) is 42.4 Å². The van der Waals surface area contributed by atoms with Crippen molar-refractivity contribution in [3.63, 3.8) is 0 Å². The monoisotopic (exact) mass is 416 g/mol. The second kappa shape index (κ2) is 8.64. The summed E-state index contributed by atoms with van der Waals surface area (Å²) < 4.78 is 5.99. The molecule has 1 nitrogen and oxygen atoms in total. The van der Waals surface area contributed by atoms with Gasteiger partial charge in [0.2, 0.25) is 0 Å². The Morgan fingerprint density at radius 2 is 1.35 bits per heavy atom. The van der Waals surface area contributed by atoms with E-state index < -0.39 is 0 Å². The van der Waals surface area contributed by atoms with Gasteiger partial charge in [-0.2, -0.15) is 0 Å². The van der Waals surface area contributed by atoms with Crippen molar-refractivity contribution >= 4 is 0 Å². The Kier molecular flexibility index (Phi) is 5.88. The second-order valence-corrected chi connectivity index (χ2v) is 11.3. The minimum Gasteiger partial charge on any atom is -0.489 e. The van der Waals surface area contributed by atoms with Gasteiger partial charge in [-0.25, -0.2) is 0 Å². The molecule has 0 aliphatic heterocycles. The van der Waals surface area contributed by atoms with Crippen molar-refractivity contribution in [3.05, 3.63) is 65.2 Å². The number of benzene rings is 2. The van der Waals surface area contributed by atoms with Crippen LogP contribution in [0.2, 0.25) is 0 Å². The molecule has 2 unspecified atom stereocenters. The SMILES string of the molecule is CCc1ccc(OCc2ccc(C(C)CC(C)C34CC5CC(CC(C5)C3)C4)cc2)cc1. The average molecular weight is 417 g/mol. The van der Waals surface area contributed by atoms with Gasteiger partial charge in [-0.3, -0.25) is 0 Å². The average Bonchev–Trinajstić information content (AvgIpc) is 2.77. The van der Waals surface area contributed by atoms with Gasteiger partial charge in [-0.05, 0) is 115 Å². The molecule has 0 spiro atoms. The molecule has 0 radical (unpaired) electrons. The maximum absolute atomic E-state index is 5.99. The lowest BCUT2D eigenvalue weighted by Crippen LogP contribution is -2.49. The fraction of sp³-hybridized carbons (Fsp3) is 0.600. The zero-order valence-electron chi connectivity index (χ0n) is 19.8. The summed E-state index contributed by atoms with van der Waals surface area (Å²) in [6, 6.07) is 17.7. The molecule has 31 heavy (non-hydrogen) atoms. The van der Waals surface area contributed by atoms with Crippen molar-refractivity contribution in [2.75, 3.05) is 0 Å². The van der Waals surface area contributed by atoms with Gasteiger partial charge in [0.1, 0.15) is 12.4 Å². The minimum absolute atomic E-state index is 0.638. The quantitative estimate of drug-likeness (QED) is 0.421. The van der Waals surface area contributed by atoms with Gasteiger partial charge in [0.05, 0.1) is 0 Å². The molecule has 4 fully saturated rings. The van der Waals surface area contributed by atoms with E-state index in [1.54, 1.807) is 19.3 Å². The third-order valence-corrected chi connectivity index (χ3v) is 9.12. The first-order chi connectivity index (χ1) is 15.0. The lowest BCUT2D eigenvalue weighted by atomic mass is 9.46. The number of hydrogen-bond acceptors (Lipinski definition) is 1. The van der Waals surface area contributed by atoms with Crippen molar-refractivity contribution in [2.45, 2.75) is 84.7 Å². The van der Waals surface area contributed by atoms with Crippen molar-refractivity contribution in [2.24, 2.45) is 29.1 Å². The molecule has 6 rings (SSSR count). The van der Waals surface area contributed by atoms with Gasteiger partial charge in [-0.1, -0.05) is 57.2 Å². The molecule has 0 aromatic heterocycles. The van der Waals surface area contributed by atoms with Crippen LogP contribution in [0.3, 0.4) is 0 Å². The predicted octanol–water partition coefficient (Wildman–Crippen LogP) is 8.17. The van der Waals surface area contributed by atoms with E-state index in [0.29, 0.717) is 17.9 Å². The first-order valence-electron chi connectivity index (χ1n) is 12.8. The highest BCUT2D eigenvalue weighted by molar-refractivity contribution is 5.29. The Morgan fingerprint density at radius 3 is 1.90 bits per heavy atom. The second-order valence-electron chi connectivity index (χ2n) is 11.3. The van der Waals surface area contributed by atoms with Gasteiger partial charge in [-0.15, -0.1) is 0 Å². The standard InChI is InChI=1S/C30H40O/c1-4-23-7-11-29(12-8-23)31-20-24-5-9-28(10-6-24)21(2)13-22(3)30-17-25-14-26(18-30)16-27(15-25)19-30/h5-12,21-22,25-27H,4,13-20H2,1-3H3. The molecular weight excluding hydrogens is 376 g/mol. The van der Waals surface area contributed by atoms with Crippen LogP contribution in [0.5, 0.6) is 5.75 Å². The number of rotatable bonds is 8. The molecule has 0 N–H and O–H groups in total. The highest BCUT2D eigenvalue weighted by Gasteiger charge is 2.52. The van der Waals surface area contributed by atoms with Gasteiger partial charge >= 0.3 is 0 Å². The molecular formula is C30H40O. The van der Waals surface area contributed by atoms with E-state index in [9.17, 15) is 0 Å². The Labute approximate surface area is 189 Å². The summed E-state index contributed by atoms with van der Waals surface area (Å²) in [5, 5.41) is 0. The molecule has 4 saturated carbocycles. The summed E-state index contributed by atoms with van der Waals surface area (Å²) in [5.41, 5.74) is 4.77. The minimum atomic E-state index is 0.638. The molecule has 0 saturated heterocycles. The normalized spacial score (nSPS) is 30.9. The van der Waals surface area contributed by atoms with Crippen LogP contribution in [-0.2, 0) is 13.0 Å². The van der Waals surface area contributed by atoms with Crippen LogP contribution in [0.1, 0.15) is 88.3 Å². The third kappa shape index (κ3) is 4.43. The smallest absolute Gasteiger partial charge is 0.119 e. The Bertz CT molecular complexity index is 827. The largest absolute Gasteiger partial charge is 0.489 e. The number of aryl methyl sites for hydroxylation is 1. The van der Waals surface area contributed by atoms with Gasteiger partial charge in [0.15, 0.2) is 0 Å². The van der Waals surface area contributed by atoms with Crippen molar-refractivity contribution in [3.8, 4) is 5.75 Å². The molecule has 4 aliphatic rings. The highest BCUT2D eigenvalue weighted by atomic mass is 16.5. The fourth-order valence-electron chi connectivity index (χ4n) is 7.63.